The predicted octanol–water partition coefficient (Wildman–Crippen LogP) is 1.09. The zero-order valence-electron chi connectivity index (χ0n) is 10.5. The molecule has 1 saturated heterocycles. The molecule has 1 heterocycles. The molecule has 3 amide bonds. The van der Waals surface area contributed by atoms with Crippen LogP contribution < -0.4 is 16.4 Å². The van der Waals surface area contributed by atoms with E-state index in [4.69, 9.17) is 10.5 Å². The van der Waals surface area contributed by atoms with Crippen molar-refractivity contribution in [2.24, 2.45) is 5.73 Å². The summed E-state index contributed by atoms with van der Waals surface area (Å²) in [7, 11) is 0. The van der Waals surface area contributed by atoms with E-state index in [9.17, 15) is 9.59 Å². The van der Waals surface area contributed by atoms with E-state index >= 15 is 0 Å². The van der Waals surface area contributed by atoms with E-state index in [0.29, 0.717) is 12.2 Å². The van der Waals surface area contributed by atoms with E-state index < -0.39 is 5.91 Å². The summed E-state index contributed by atoms with van der Waals surface area (Å²) >= 11 is 0. The molecule has 1 aromatic rings. The average molecular weight is 263 g/mol. The summed E-state index contributed by atoms with van der Waals surface area (Å²) in [6.45, 7) is 1.21. The smallest absolute Gasteiger partial charge is 0.319 e. The van der Waals surface area contributed by atoms with Crippen LogP contribution in [0.2, 0.25) is 0 Å². The second-order valence-corrected chi connectivity index (χ2v) is 4.38. The first-order chi connectivity index (χ1) is 9.16. The van der Waals surface area contributed by atoms with Gasteiger partial charge in [-0.05, 0) is 25.0 Å². The molecule has 0 bridgehead atoms. The van der Waals surface area contributed by atoms with Gasteiger partial charge >= 0.3 is 6.03 Å². The minimum absolute atomic E-state index is 0.0807. The fourth-order valence-corrected chi connectivity index (χ4v) is 1.99. The van der Waals surface area contributed by atoms with Crippen molar-refractivity contribution in [3.05, 3.63) is 29.8 Å². The molecule has 102 valence electrons. The lowest BCUT2D eigenvalue weighted by atomic mass is 10.1. The van der Waals surface area contributed by atoms with Gasteiger partial charge in [-0.1, -0.05) is 12.1 Å². The molecule has 4 N–H and O–H groups in total. The maximum atomic E-state index is 11.7. The van der Waals surface area contributed by atoms with Gasteiger partial charge in [0.25, 0.3) is 5.91 Å². The third kappa shape index (κ3) is 3.69. The number of amides is 3. The number of carbonyl (C=O) groups is 2. The number of hydrogen-bond donors (Lipinski definition) is 3. The largest absolute Gasteiger partial charge is 0.376 e. The zero-order chi connectivity index (χ0) is 13.7. The van der Waals surface area contributed by atoms with Crippen molar-refractivity contribution in [1.29, 1.82) is 0 Å². The Labute approximate surface area is 111 Å². The van der Waals surface area contributed by atoms with Crippen molar-refractivity contribution in [3.63, 3.8) is 0 Å². The Bertz CT molecular complexity index is 470. The van der Waals surface area contributed by atoms with Gasteiger partial charge in [-0.15, -0.1) is 0 Å². The van der Waals surface area contributed by atoms with Gasteiger partial charge in [0.15, 0.2) is 0 Å². The topological polar surface area (TPSA) is 93.5 Å². The molecular weight excluding hydrogens is 246 g/mol. The second-order valence-electron chi connectivity index (χ2n) is 4.38. The van der Waals surface area contributed by atoms with Crippen LogP contribution >= 0.6 is 0 Å². The SMILES string of the molecule is NC(=O)c1ccccc1NC(=O)NCC1CCCO1. The van der Waals surface area contributed by atoms with Crippen LogP contribution in [0.5, 0.6) is 0 Å². The van der Waals surface area contributed by atoms with Gasteiger partial charge in [-0.25, -0.2) is 4.79 Å². The molecule has 1 atom stereocenters. The van der Waals surface area contributed by atoms with E-state index in [1.807, 2.05) is 0 Å². The average Bonchev–Trinajstić information content (AvgIpc) is 2.90. The highest BCUT2D eigenvalue weighted by Gasteiger charge is 2.16. The summed E-state index contributed by atoms with van der Waals surface area (Å²) < 4.78 is 5.40. The maximum absolute atomic E-state index is 11.7. The van der Waals surface area contributed by atoms with Gasteiger partial charge in [0.05, 0.1) is 17.4 Å². The Kier molecular flexibility index (Phi) is 4.35. The molecular formula is C13H17N3O3. The van der Waals surface area contributed by atoms with Crippen LogP contribution in [-0.2, 0) is 4.74 Å². The lowest BCUT2D eigenvalue weighted by Crippen LogP contribution is -2.35. The number of carbonyl (C=O) groups excluding carboxylic acids is 2. The van der Waals surface area contributed by atoms with E-state index in [1.165, 1.54) is 0 Å². The van der Waals surface area contributed by atoms with Gasteiger partial charge in [-0.2, -0.15) is 0 Å². The van der Waals surface area contributed by atoms with Crippen molar-refractivity contribution < 1.29 is 14.3 Å². The van der Waals surface area contributed by atoms with Crippen molar-refractivity contribution in [3.8, 4) is 0 Å². The number of nitrogens with one attached hydrogen (secondary N) is 2. The molecule has 0 spiro atoms. The number of primary amides is 1. The summed E-state index contributed by atoms with van der Waals surface area (Å²) in [6, 6.07) is 6.24. The fourth-order valence-electron chi connectivity index (χ4n) is 1.99. The minimum atomic E-state index is -0.574. The van der Waals surface area contributed by atoms with Crippen molar-refractivity contribution in [2.75, 3.05) is 18.5 Å². The molecule has 0 radical (unpaired) electrons. The Morgan fingerprint density at radius 1 is 1.37 bits per heavy atom. The van der Waals surface area contributed by atoms with Crippen molar-refractivity contribution in [1.82, 2.24) is 5.32 Å². The third-order valence-corrected chi connectivity index (χ3v) is 2.96. The first kappa shape index (κ1) is 13.4. The zero-order valence-corrected chi connectivity index (χ0v) is 10.5. The Balaban J connectivity index is 1.89. The monoisotopic (exact) mass is 263 g/mol. The minimum Gasteiger partial charge on any atom is -0.376 e. The van der Waals surface area contributed by atoms with Crippen LogP contribution in [0.4, 0.5) is 10.5 Å². The summed E-state index contributed by atoms with van der Waals surface area (Å²) in [6.07, 6.45) is 2.06. The van der Waals surface area contributed by atoms with E-state index in [1.54, 1.807) is 24.3 Å². The molecule has 1 unspecified atom stereocenters. The Morgan fingerprint density at radius 2 is 2.16 bits per heavy atom. The first-order valence-corrected chi connectivity index (χ1v) is 6.22. The highest BCUT2D eigenvalue weighted by Crippen LogP contribution is 2.14. The van der Waals surface area contributed by atoms with Gasteiger partial charge < -0.3 is 21.1 Å². The quantitative estimate of drug-likeness (QED) is 0.759. The van der Waals surface area contributed by atoms with Crippen LogP contribution in [0.3, 0.4) is 0 Å². The highest BCUT2D eigenvalue weighted by atomic mass is 16.5. The molecule has 1 fully saturated rings. The van der Waals surface area contributed by atoms with Crippen molar-refractivity contribution >= 4 is 17.6 Å². The molecule has 19 heavy (non-hydrogen) atoms. The summed E-state index contributed by atoms with van der Waals surface area (Å²) in [5.74, 6) is -0.574. The molecule has 1 aliphatic heterocycles. The maximum Gasteiger partial charge on any atom is 0.319 e. The normalized spacial score (nSPS) is 18.0. The lowest BCUT2D eigenvalue weighted by Gasteiger charge is -2.13. The summed E-state index contributed by atoms with van der Waals surface area (Å²) in [5, 5.41) is 5.32. The molecule has 6 heteroatoms. The van der Waals surface area contributed by atoms with Gasteiger partial charge in [0.2, 0.25) is 0 Å². The van der Waals surface area contributed by atoms with Gasteiger partial charge in [0.1, 0.15) is 0 Å². The van der Waals surface area contributed by atoms with Crippen LogP contribution in [0.25, 0.3) is 0 Å². The molecule has 1 aromatic carbocycles. The molecule has 0 saturated carbocycles. The molecule has 2 rings (SSSR count). The Hall–Kier alpha value is -2.08. The molecule has 6 nitrogen and oxygen atoms in total. The number of anilines is 1. The van der Waals surface area contributed by atoms with Gasteiger partial charge in [0, 0.05) is 13.2 Å². The number of rotatable bonds is 4. The van der Waals surface area contributed by atoms with E-state index in [-0.39, 0.29) is 17.7 Å². The standard InChI is InChI=1S/C13H17N3O3/c14-12(17)10-5-1-2-6-11(10)16-13(18)15-8-9-4-3-7-19-9/h1-2,5-6,9H,3-4,7-8H2,(H2,14,17)(H2,15,16,18). The first-order valence-electron chi connectivity index (χ1n) is 6.22. The second kappa shape index (κ2) is 6.19. The molecule has 0 aromatic heterocycles. The van der Waals surface area contributed by atoms with E-state index in [2.05, 4.69) is 10.6 Å². The molecule has 1 aliphatic rings. The fraction of sp³-hybridized carbons (Fsp3) is 0.385. The predicted molar refractivity (Wildman–Crippen MR) is 71.0 cm³/mol. The number of hydrogen-bond acceptors (Lipinski definition) is 3. The number of ether oxygens (including phenoxy) is 1. The lowest BCUT2D eigenvalue weighted by molar-refractivity contribution is 0.100. The number of nitrogens with two attached hydrogens (primary N) is 1. The number of urea groups is 1. The van der Waals surface area contributed by atoms with Crippen LogP contribution in [-0.4, -0.2) is 31.2 Å². The van der Waals surface area contributed by atoms with Gasteiger partial charge in [-0.3, -0.25) is 4.79 Å². The molecule has 0 aliphatic carbocycles. The van der Waals surface area contributed by atoms with Crippen molar-refractivity contribution in [2.45, 2.75) is 18.9 Å². The summed E-state index contributed by atoms with van der Waals surface area (Å²) in [4.78, 5) is 22.9. The Morgan fingerprint density at radius 3 is 2.84 bits per heavy atom. The van der Waals surface area contributed by atoms with Crippen LogP contribution in [0, 0.1) is 0 Å². The third-order valence-electron chi connectivity index (χ3n) is 2.96. The van der Waals surface area contributed by atoms with Crippen LogP contribution in [0.15, 0.2) is 24.3 Å². The summed E-state index contributed by atoms with van der Waals surface area (Å²) in [5.41, 5.74) is 5.92. The number of benzene rings is 1. The number of para-hydroxylation sites is 1. The van der Waals surface area contributed by atoms with E-state index in [0.717, 1.165) is 19.4 Å². The highest BCUT2D eigenvalue weighted by molar-refractivity contribution is 6.02. The van der Waals surface area contributed by atoms with Crippen LogP contribution in [0.1, 0.15) is 23.2 Å².